The molecule has 9 heavy (non-hydrogen) atoms. The molecule has 2 heterocycles. The fraction of sp³-hybridized carbons (Fsp3) is 0. The van der Waals surface area contributed by atoms with Crippen molar-refractivity contribution >= 4 is 21.7 Å². The number of nitrogens with zero attached hydrogens (tertiary/aromatic N) is 2. The van der Waals surface area contributed by atoms with Crippen molar-refractivity contribution in [1.29, 1.82) is 0 Å². The molecule has 0 N–H and O–H groups in total. The lowest BCUT2D eigenvalue weighted by atomic mass is 10.5. The van der Waals surface area contributed by atoms with Gasteiger partial charge in [0.2, 0.25) is 0 Å². The summed E-state index contributed by atoms with van der Waals surface area (Å²) in [6, 6.07) is 3.93. The highest BCUT2D eigenvalue weighted by Gasteiger charge is 1.91. The molecule has 0 bridgehead atoms. The molecule has 0 aliphatic carbocycles. The number of rotatable bonds is 0. The van der Waals surface area contributed by atoms with Crippen molar-refractivity contribution in [3.8, 4) is 0 Å². The normalized spacial score (nSPS) is 10.2. The van der Waals surface area contributed by atoms with Crippen LogP contribution in [0.4, 0.5) is 0 Å². The van der Waals surface area contributed by atoms with Gasteiger partial charge in [0, 0.05) is 6.20 Å². The predicted molar refractivity (Wildman–Crippen MR) is 37.4 cm³/mol. The van der Waals surface area contributed by atoms with E-state index in [1.807, 2.05) is 12.1 Å². The lowest BCUT2D eigenvalue weighted by Gasteiger charge is -1.79. The molecule has 2 aromatic rings. The van der Waals surface area contributed by atoms with E-state index >= 15 is 0 Å². The van der Waals surface area contributed by atoms with E-state index in [0.717, 1.165) is 10.3 Å². The van der Waals surface area contributed by atoms with Crippen LogP contribution < -0.4 is 0 Å². The van der Waals surface area contributed by atoms with E-state index < -0.39 is 0 Å². The lowest BCUT2D eigenvalue weighted by molar-refractivity contribution is 1.33. The third-order valence-electron chi connectivity index (χ3n) is 1.11. The molecule has 0 unspecified atom stereocenters. The van der Waals surface area contributed by atoms with E-state index in [0.29, 0.717) is 0 Å². The SMILES string of the molecule is c1cnc2ncsc2c1. The Bertz CT molecular complexity index is 285. The molecule has 2 rings (SSSR count). The van der Waals surface area contributed by atoms with Gasteiger partial charge in [-0.2, -0.15) is 0 Å². The van der Waals surface area contributed by atoms with E-state index in [2.05, 4.69) is 9.97 Å². The first-order valence-corrected chi connectivity index (χ1v) is 3.49. The fourth-order valence-corrected chi connectivity index (χ4v) is 1.34. The summed E-state index contributed by atoms with van der Waals surface area (Å²) >= 11 is 1.61. The van der Waals surface area contributed by atoms with Crippen LogP contribution in [0.25, 0.3) is 10.3 Å². The summed E-state index contributed by atoms with van der Waals surface area (Å²) in [4.78, 5) is 8.07. The van der Waals surface area contributed by atoms with Crippen molar-refractivity contribution in [3.05, 3.63) is 23.8 Å². The van der Waals surface area contributed by atoms with Gasteiger partial charge in [-0.3, -0.25) is 0 Å². The van der Waals surface area contributed by atoms with Gasteiger partial charge in [-0.25, -0.2) is 9.97 Å². The molecule has 2 aromatic heterocycles. The Hall–Kier alpha value is -0.960. The van der Waals surface area contributed by atoms with Gasteiger partial charge in [0.25, 0.3) is 0 Å². The fourth-order valence-electron chi connectivity index (χ4n) is 0.704. The molecule has 0 fully saturated rings. The molecular formula is C6H4N2S. The topological polar surface area (TPSA) is 25.8 Å². The molecule has 0 atom stereocenters. The molecule has 0 radical (unpaired) electrons. The van der Waals surface area contributed by atoms with E-state index in [1.54, 1.807) is 23.0 Å². The van der Waals surface area contributed by atoms with Crippen molar-refractivity contribution in [3.63, 3.8) is 0 Å². The number of hydrogen-bond acceptors (Lipinski definition) is 3. The van der Waals surface area contributed by atoms with Crippen molar-refractivity contribution in [2.75, 3.05) is 0 Å². The van der Waals surface area contributed by atoms with Crippen LogP contribution in [0.3, 0.4) is 0 Å². The van der Waals surface area contributed by atoms with E-state index in [-0.39, 0.29) is 0 Å². The summed E-state index contributed by atoms with van der Waals surface area (Å²) in [6.45, 7) is 0. The van der Waals surface area contributed by atoms with Crippen molar-refractivity contribution in [1.82, 2.24) is 9.97 Å². The maximum Gasteiger partial charge on any atom is 0.170 e. The van der Waals surface area contributed by atoms with Gasteiger partial charge in [-0.15, -0.1) is 11.3 Å². The second kappa shape index (κ2) is 1.77. The molecule has 0 amide bonds. The summed E-state index contributed by atoms with van der Waals surface area (Å²) in [6.07, 6.45) is 1.75. The maximum absolute atomic E-state index is 4.04. The Balaban J connectivity index is 2.95. The quantitative estimate of drug-likeness (QED) is 0.550. The zero-order valence-electron chi connectivity index (χ0n) is 4.61. The molecule has 0 aliphatic rings. The zero-order valence-corrected chi connectivity index (χ0v) is 5.43. The van der Waals surface area contributed by atoms with E-state index in [1.165, 1.54) is 0 Å². The van der Waals surface area contributed by atoms with Gasteiger partial charge in [-0.05, 0) is 12.1 Å². The number of pyridine rings is 1. The summed E-state index contributed by atoms with van der Waals surface area (Å²) in [5, 5.41) is 0. The average molecular weight is 136 g/mol. The zero-order chi connectivity index (χ0) is 6.10. The van der Waals surface area contributed by atoms with Gasteiger partial charge in [0.1, 0.15) is 0 Å². The van der Waals surface area contributed by atoms with E-state index in [9.17, 15) is 0 Å². The molecule has 44 valence electrons. The minimum atomic E-state index is 0.850. The second-order valence-corrected chi connectivity index (χ2v) is 2.56. The van der Waals surface area contributed by atoms with Crippen LogP contribution in [0.5, 0.6) is 0 Å². The van der Waals surface area contributed by atoms with Crippen LogP contribution in [0, 0.1) is 0 Å². The molecule has 0 spiro atoms. The second-order valence-electron chi connectivity index (χ2n) is 1.68. The molecule has 0 saturated carbocycles. The monoisotopic (exact) mass is 136 g/mol. The molecule has 2 nitrogen and oxygen atoms in total. The van der Waals surface area contributed by atoms with Crippen molar-refractivity contribution in [2.24, 2.45) is 0 Å². The van der Waals surface area contributed by atoms with Crippen LogP contribution in [0.2, 0.25) is 0 Å². The summed E-state index contributed by atoms with van der Waals surface area (Å²) in [7, 11) is 0. The highest BCUT2D eigenvalue weighted by Crippen LogP contribution is 2.12. The summed E-state index contributed by atoms with van der Waals surface area (Å²) in [5.41, 5.74) is 2.65. The van der Waals surface area contributed by atoms with Crippen molar-refractivity contribution in [2.45, 2.75) is 0 Å². The van der Waals surface area contributed by atoms with Crippen LogP contribution in [0.1, 0.15) is 0 Å². The molecule has 0 aliphatic heterocycles. The minimum absolute atomic E-state index is 0.850. The minimum Gasteiger partial charge on any atom is -0.236 e. The van der Waals surface area contributed by atoms with Gasteiger partial charge >= 0.3 is 0 Å². The number of fused-ring (bicyclic) bond motifs is 1. The average Bonchev–Trinajstić information content (AvgIpc) is 2.33. The highest BCUT2D eigenvalue weighted by atomic mass is 32.1. The van der Waals surface area contributed by atoms with Gasteiger partial charge in [0.05, 0.1) is 10.2 Å². The van der Waals surface area contributed by atoms with Crippen molar-refractivity contribution < 1.29 is 0 Å². The Morgan fingerprint density at radius 3 is 3.22 bits per heavy atom. The molecule has 3 heteroatoms. The van der Waals surface area contributed by atoms with E-state index in [4.69, 9.17) is 0 Å². The van der Waals surface area contributed by atoms with Crippen LogP contribution in [0.15, 0.2) is 23.8 Å². The Labute approximate surface area is 56.2 Å². The first kappa shape index (κ1) is 4.88. The molecule has 0 saturated heterocycles. The first-order valence-electron chi connectivity index (χ1n) is 2.61. The third-order valence-corrected chi connectivity index (χ3v) is 1.89. The number of aromatic nitrogens is 2. The first-order chi connectivity index (χ1) is 4.47. The van der Waals surface area contributed by atoms with Crippen LogP contribution in [-0.2, 0) is 0 Å². The van der Waals surface area contributed by atoms with Gasteiger partial charge < -0.3 is 0 Å². The van der Waals surface area contributed by atoms with Gasteiger partial charge in [-0.1, -0.05) is 0 Å². The third kappa shape index (κ3) is 0.695. The lowest BCUT2D eigenvalue weighted by Crippen LogP contribution is -1.70. The maximum atomic E-state index is 4.04. The standard InChI is InChI=1S/C6H4N2S/c1-2-5-6(7-3-1)8-4-9-5/h1-4H. The van der Waals surface area contributed by atoms with Crippen LogP contribution >= 0.6 is 11.3 Å². The summed E-state index contributed by atoms with van der Waals surface area (Å²) < 4.78 is 1.15. The molecule has 0 aromatic carbocycles. The Kier molecular flexibility index (Phi) is 0.960. The Morgan fingerprint density at radius 1 is 1.33 bits per heavy atom. The largest absolute Gasteiger partial charge is 0.236 e. The van der Waals surface area contributed by atoms with Crippen LogP contribution in [-0.4, -0.2) is 9.97 Å². The highest BCUT2D eigenvalue weighted by molar-refractivity contribution is 7.16. The Morgan fingerprint density at radius 2 is 2.33 bits per heavy atom. The smallest absolute Gasteiger partial charge is 0.170 e. The predicted octanol–water partition coefficient (Wildman–Crippen LogP) is 1.69. The number of hydrogen-bond donors (Lipinski definition) is 0. The molecular weight excluding hydrogens is 132 g/mol. The summed E-state index contributed by atoms with van der Waals surface area (Å²) in [5.74, 6) is 0. The number of thiazole rings is 1. The van der Waals surface area contributed by atoms with Gasteiger partial charge in [0.15, 0.2) is 5.65 Å².